The maximum Gasteiger partial charge on any atom is 0.257 e. The monoisotopic (exact) mass is 251 g/mol. The summed E-state index contributed by atoms with van der Waals surface area (Å²) in [4.78, 5) is 4.32. The second-order valence-corrected chi connectivity index (χ2v) is 4.55. The van der Waals surface area contributed by atoms with Crippen LogP contribution in [0.25, 0.3) is 11.5 Å². The van der Waals surface area contributed by atoms with Crippen LogP contribution in [-0.4, -0.2) is 16.7 Å². The van der Waals surface area contributed by atoms with Crippen molar-refractivity contribution in [2.75, 3.05) is 6.54 Å². The normalized spacial score (nSPS) is 12.7. The third kappa shape index (κ3) is 2.65. The van der Waals surface area contributed by atoms with Crippen LogP contribution in [0.1, 0.15) is 24.2 Å². The zero-order valence-corrected chi connectivity index (χ0v) is 10.5. The van der Waals surface area contributed by atoms with E-state index in [1.165, 1.54) is 0 Å². The smallest absolute Gasteiger partial charge is 0.257 e. The minimum Gasteiger partial charge on any atom is -0.334 e. The van der Waals surface area contributed by atoms with Gasteiger partial charge in [0.05, 0.1) is 0 Å². The molecule has 2 N–H and O–H groups in total. The lowest BCUT2D eigenvalue weighted by Gasteiger charge is -2.00. The average Bonchev–Trinajstić information content (AvgIpc) is 2.76. The van der Waals surface area contributed by atoms with E-state index >= 15 is 0 Å². The van der Waals surface area contributed by atoms with Crippen molar-refractivity contribution in [1.82, 2.24) is 10.1 Å². The van der Waals surface area contributed by atoms with E-state index < -0.39 is 0 Å². The highest BCUT2D eigenvalue weighted by Crippen LogP contribution is 2.24. The molecular formula is C12H14ClN3O. The Bertz CT molecular complexity index is 504. The molecule has 4 nitrogen and oxygen atoms in total. The molecule has 0 fully saturated rings. The molecule has 2 aromatic rings. The van der Waals surface area contributed by atoms with E-state index in [-0.39, 0.29) is 5.92 Å². The minimum atomic E-state index is 0.0905. The molecule has 0 radical (unpaired) electrons. The van der Waals surface area contributed by atoms with Crippen LogP contribution < -0.4 is 5.73 Å². The van der Waals surface area contributed by atoms with Crippen molar-refractivity contribution in [2.45, 2.75) is 19.8 Å². The van der Waals surface area contributed by atoms with Crippen molar-refractivity contribution in [3.05, 3.63) is 34.6 Å². The van der Waals surface area contributed by atoms with E-state index in [1.807, 2.05) is 26.0 Å². The summed E-state index contributed by atoms with van der Waals surface area (Å²) in [6, 6.07) is 5.64. The average molecular weight is 252 g/mol. The molecule has 1 atom stereocenters. The Balaban J connectivity index is 2.36. The molecular weight excluding hydrogens is 238 g/mol. The van der Waals surface area contributed by atoms with E-state index in [0.717, 1.165) is 11.1 Å². The summed E-state index contributed by atoms with van der Waals surface area (Å²) >= 11 is 5.99. The summed E-state index contributed by atoms with van der Waals surface area (Å²) in [6.45, 7) is 4.42. The van der Waals surface area contributed by atoms with Crippen LogP contribution >= 0.6 is 11.6 Å². The van der Waals surface area contributed by atoms with Gasteiger partial charge in [0, 0.05) is 23.0 Å². The second-order valence-electron chi connectivity index (χ2n) is 4.11. The molecule has 0 aliphatic rings. The summed E-state index contributed by atoms with van der Waals surface area (Å²) in [5.74, 6) is 1.19. The fourth-order valence-corrected chi connectivity index (χ4v) is 1.81. The lowest BCUT2D eigenvalue weighted by molar-refractivity contribution is 0.418. The standard InChI is InChI=1S/C12H14ClN3O/c1-7-3-9(5-10(13)4-7)12-15-11(16-17-12)8(2)6-14/h3-5,8H,6,14H2,1-2H3. The van der Waals surface area contributed by atoms with Gasteiger partial charge in [0.1, 0.15) is 0 Å². The zero-order chi connectivity index (χ0) is 12.4. The highest BCUT2D eigenvalue weighted by atomic mass is 35.5. The summed E-state index contributed by atoms with van der Waals surface area (Å²) in [5.41, 5.74) is 7.44. The third-order valence-corrected chi connectivity index (χ3v) is 2.74. The lowest BCUT2D eigenvalue weighted by atomic mass is 10.1. The zero-order valence-electron chi connectivity index (χ0n) is 9.77. The fraction of sp³-hybridized carbons (Fsp3) is 0.333. The first kappa shape index (κ1) is 12.1. The number of aryl methyl sites for hydroxylation is 1. The number of halogens is 1. The largest absolute Gasteiger partial charge is 0.334 e. The maximum atomic E-state index is 5.99. The van der Waals surface area contributed by atoms with Crippen molar-refractivity contribution in [1.29, 1.82) is 0 Å². The number of rotatable bonds is 3. The molecule has 2 rings (SSSR count). The number of hydrogen-bond donors (Lipinski definition) is 1. The van der Waals surface area contributed by atoms with Gasteiger partial charge in [-0.2, -0.15) is 4.98 Å². The minimum absolute atomic E-state index is 0.0905. The highest BCUT2D eigenvalue weighted by Gasteiger charge is 2.14. The third-order valence-electron chi connectivity index (χ3n) is 2.53. The lowest BCUT2D eigenvalue weighted by Crippen LogP contribution is -2.10. The second kappa shape index (κ2) is 4.85. The predicted molar refractivity (Wildman–Crippen MR) is 67.0 cm³/mol. The van der Waals surface area contributed by atoms with Crippen LogP contribution in [0, 0.1) is 6.92 Å². The Hall–Kier alpha value is -1.39. The fourth-order valence-electron chi connectivity index (χ4n) is 1.52. The van der Waals surface area contributed by atoms with Crippen molar-refractivity contribution < 1.29 is 4.52 Å². The van der Waals surface area contributed by atoms with E-state index in [4.69, 9.17) is 21.9 Å². The number of nitrogens with zero attached hydrogens (tertiary/aromatic N) is 2. The Morgan fingerprint density at radius 1 is 1.41 bits per heavy atom. The molecule has 17 heavy (non-hydrogen) atoms. The van der Waals surface area contributed by atoms with Gasteiger partial charge >= 0.3 is 0 Å². The Labute approximate surface area is 105 Å². The topological polar surface area (TPSA) is 64.9 Å². The molecule has 0 spiro atoms. The molecule has 1 aromatic carbocycles. The number of aromatic nitrogens is 2. The Morgan fingerprint density at radius 3 is 2.82 bits per heavy atom. The molecule has 0 aliphatic heterocycles. The summed E-state index contributed by atoms with van der Waals surface area (Å²) in [6.07, 6.45) is 0. The van der Waals surface area contributed by atoms with Gasteiger partial charge in [0.25, 0.3) is 5.89 Å². The number of hydrogen-bond acceptors (Lipinski definition) is 4. The van der Waals surface area contributed by atoms with E-state index in [0.29, 0.717) is 23.3 Å². The SMILES string of the molecule is Cc1cc(Cl)cc(-c2nc(C(C)CN)no2)c1. The molecule has 0 bridgehead atoms. The van der Waals surface area contributed by atoms with Crippen molar-refractivity contribution in [2.24, 2.45) is 5.73 Å². The molecule has 0 amide bonds. The van der Waals surface area contributed by atoms with Crippen LogP contribution in [-0.2, 0) is 0 Å². The highest BCUT2D eigenvalue weighted by molar-refractivity contribution is 6.30. The van der Waals surface area contributed by atoms with Gasteiger partial charge in [-0.1, -0.05) is 23.7 Å². The molecule has 1 heterocycles. The molecule has 90 valence electrons. The molecule has 0 aliphatic carbocycles. The van der Waals surface area contributed by atoms with Gasteiger partial charge < -0.3 is 10.3 Å². The summed E-state index contributed by atoms with van der Waals surface area (Å²) in [5, 5.41) is 4.57. The van der Waals surface area contributed by atoms with Crippen molar-refractivity contribution in [3.8, 4) is 11.5 Å². The molecule has 1 unspecified atom stereocenters. The quantitative estimate of drug-likeness (QED) is 0.911. The Kier molecular flexibility index (Phi) is 3.45. The van der Waals surface area contributed by atoms with Crippen molar-refractivity contribution >= 4 is 11.6 Å². The predicted octanol–water partition coefficient (Wildman–Crippen LogP) is 2.76. The first-order chi connectivity index (χ1) is 8.10. The Morgan fingerprint density at radius 2 is 2.18 bits per heavy atom. The molecule has 0 saturated heterocycles. The first-order valence-electron chi connectivity index (χ1n) is 5.41. The van der Waals surface area contributed by atoms with Crippen LogP contribution in [0.4, 0.5) is 0 Å². The molecule has 5 heteroatoms. The van der Waals surface area contributed by atoms with Gasteiger partial charge in [-0.15, -0.1) is 0 Å². The first-order valence-corrected chi connectivity index (χ1v) is 5.79. The van der Waals surface area contributed by atoms with E-state index in [2.05, 4.69) is 10.1 Å². The number of nitrogens with two attached hydrogens (primary N) is 1. The van der Waals surface area contributed by atoms with Crippen LogP contribution in [0.5, 0.6) is 0 Å². The van der Waals surface area contributed by atoms with Crippen molar-refractivity contribution in [3.63, 3.8) is 0 Å². The summed E-state index contributed by atoms with van der Waals surface area (Å²) in [7, 11) is 0. The maximum absolute atomic E-state index is 5.99. The summed E-state index contributed by atoms with van der Waals surface area (Å²) < 4.78 is 5.21. The van der Waals surface area contributed by atoms with Gasteiger partial charge in [-0.3, -0.25) is 0 Å². The van der Waals surface area contributed by atoms with E-state index in [9.17, 15) is 0 Å². The molecule has 0 saturated carbocycles. The van der Waals surface area contributed by atoms with Crippen LogP contribution in [0.15, 0.2) is 22.7 Å². The number of benzene rings is 1. The van der Waals surface area contributed by atoms with Crippen LogP contribution in [0.3, 0.4) is 0 Å². The molecule has 1 aromatic heterocycles. The van der Waals surface area contributed by atoms with Gasteiger partial charge in [-0.05, 0) is 30.7 Å². The van der Waals surface area contributed by atoms with Gasteiger partial charge in [-0.25, -0.2) is 0 Å². The van der Waals surface area contributed by atoms with Crippen LogP contribution in [0.2, 0.25) is 5.02 Å². The van der Waals surface area contributed by atoms with Gasteiger partial charge in [0.2, 0.25) is 0 Å². The van der Waals surface area contributed by atoms with E-state index in [1.54, 1.807) is 6.07 Å². The van der Waals surface area contributed by atoms with Gasteiger partial charge in [0.15, 0.2) is 5.82 Å².